The summed E-state index contributed by atoms with van der Waals surface area (Å²) in [6.45, 7) is 3.07. The van der Waals surface area contributed by atoms with Crippen LogP contribution < -0.4 is 10.7 Å². The number of amides is 3. The molecule has 1 heterocycles. The van der Waals surface area contributed by atoms with Gasteiger partial charge < -0.3 is 10.2 Å². The lowest BCUT2D eigenvalue weighted by Crippen LogP contribution is -2.39. The molecule has 3 amide bonds. The number of rotatable bonds is 5. The van der Waals surface area contributed by atoms with Crippen molar-refractivity contribution in [2.24, 2.45) is 22.9 Å². The minimum Gasteiger partial charge on any atom is -0.337 e. The number of fused-ring (bicyclic) bond motifs is 1. The van der Waals surface area contributed by atoms with Crippen LogP contribution in [0.15, 0.2) is 5.10 Å². The molecule has 0 aromatic carbocycles. The zero-order valence-corrected chi connectivity index (χ0v) is 14.9. The van der Waals surface area contributed by atoms with Gasteiger partial charge in [-0.15, -0.1) is 0 Å². The predicted octanol–water partition coefficient (Wildman–Crippen LogP) is 1.68. The summed E-state index contributed by atoms with van der Waals surface area (Å²) >= 11 is 0. The Morgan fingerprint density at radius 1 is 1.20 bits per heavy atom. The van der Waals surface area contributed by atoms with Crippen LogP contribution in [0, 0.1) is 17.8 Å². The van der Waals surface area contributed by atoms with Crippen molar-refractivity contribution in [2.45, 2.75) is 57.9 Å². The molecular formula is C18H28N4O3. The van der Waals surface area contributed by atoms with Crippen molar-refractivity contribution in [1.29, 1.82) is 0 Å². The molecule has 138 valence electrons. The molecule has 0 aromatic rings. The van der Waals surface area contributed by atoms with Crippen LogP contribution in [0.1, 0.15) is 51.9 Å². The molecule has 2 atom stereocenters. The van der Waals surface area contributed by atoms with Crippen molar-refractivity contribution < 1.29 is 14.4 Å². The molecule has 1 aliphatic heterocycles. The van der Waals surface area contributed by atoms with Gasteiger partial charge in [0.05, 0.1) is 11.8 Å². The summed E-state index contributed by atoms with van der Waals surface area (Å²) in [5.41, 5.74) is 3.50. The Labute approximate surface area is 148 Å². The van der Waals surface area contributed by atoms with Crippen LogP contribution in [-0.4, -0.2) is 48.0 Å². The second kappa shape index (κ2) is 7.97. The molecule has 3 fully saturated rings. The number of hydrogen-bond donors (Lipinski definition) is 2. The smallest absolute Gasteiger partial charge is 0.335 e. The van der Waals surface area contributed by atoms with Crippen LogP contribution >= 0.6 is 0 Å². The van der Waals surface area contributed by atoms with Crippen molar-refractivity contribution in [1.82, 2.24) is 15.6 Å². The first-order valence-electron chi connectivity index (χ1n) is 9.40. The van der Waals surface area contributed by atoms with Gasteiger partial charge in [-0.3, -0.25) is 9.59 Å². The van der Waals surface area contributed by atoms with Crippen LogP contribution in [0.5, 0.6) is 0 Å². The van der Waals surface area contributed by atoms with E-state index in [2.05, 4.69) is 15.8 Å². The Balaban J connectivity index is 1.41. The molecule has 0 aromatic heterocycles. The maximum absolute atomic E-state index is 12.0. The van der Waals surface area contributed by atoms with E-state index in [0.717, 1.165) is 63.6 Å². The lowest BCUT2D eigenvalue weighted by molar-refractivity contribution is -0.122. The van der Waals surface area contributed by atoms with Gasteiger partial charge >= 0.3 is 6.03 Å². The zero-order valence-electron chi connectivity index (χ0n) is 14.9. The second-order valence-corrected chi connectivity index (χ2v) is 7.63. The predicted molar refractivity (Wildman–Crippen MR) is 94.0 cm³/mol. The van der Waals surface area contributed by atoms with Crippen LogP contribution in [0.3, 0.4) is 0 Å². The quantitative estimate of drug-likeness (QED) is 0.585. The molecule has 2 saturated carbocycles. The Bertz CT molecular complexity index is 555. The van der Waals surface area contributed by atoms with Crippen molar-refractivity contribution in [3.8, 4) is 0 Å². The van der Waals surface area contributed by atoms with E-state index in [1.165, 1.54) is 0 Å². The third kappa shape index (κ3) is 4.19. The number of ketones is 1. The van der Waals surface area contributed by atoms with Crippen molar-refractivity contribution in [3.05, 3.63) is 0 Å². The number of nitrogens with zero attached hydrogens (tertiary/aromatic N) is 2. The van der Waals surface area contributed by atoms with E-state index in [4.69, 9.17) is 0 Å². The lowest BCUT2D eigenvalue weighted by atomic mass is 9.80. The number of hydrazone groups is 1. The highest BCUT2D eigenvalue weighted by molar-refractivity contribution is 5.94. The molecule has 1 saturated heterocycles. The number of nitrogens with one attached hydrogen (secondary N) is 2. The average molecular weight is 348 g/mol. The third-order valence-corrected chi connectivity index (χ3v) is 6.08. The minimum atomic E-state index is -0.291. The Kier molecular flexibility index (Phi) is 5.71. The second-order valence-electron chi connectivity index (χ2n) is 7.63. The number of carbonyl (C=O) groups excluding carboxylic acids is 3. The topological polar surface area (TPSA) is 90.9 Å². The van der Waals surface area contributed by atoms with Gasteiger partial charge in [0.25, 0.3) is 0 Å². The number of carbonyl (C=O) groups is 3. The van der Waals surface area contributed by atoms with E-state index >= 15 is 0 Å². The van der Waals surface area contributed by atoms with Crippen LogP contribution in [-0.2, 0) is 9.59 Å². The molecule has 7 nitrogen and oxygen atoms in total. The van der Waals surface area contributed by atoms with Gasteiger partial charge in [0.15, 0.2) is 0 Å². The van der Waals surface area contributed by atoms with E-state index in [0.29, 0.717) is 18.4 Å². The highest BCUT2D eigenvalue weighted by Gasteiger charge is 2.41. The van der Waals surface area contributed by atoms with Gasteiger partial charge in [0, 0.05) is 19.0 Å². The van der Waals surface area contributed by atoms with E-state index < -0.39 is 0 Å². The SMILES string of the molecule is CC(=O)C1CCC(CNC(=O)N/N=C2\CCC3CCN(C=O)C23)CC1. The molecule has 2 unspecified atom stereocenters. The van der Waals surface area contributed by atoms with Gasteiger partial charge in [-0.25, -0.2) is 10.2 Å². The number of urea groups is 1. The molecule has 0 radical (unpaired) electrons. The van der Waals surface area contributed by atoms with Crippen LogP contribution in [0.2, 0.25) is 0 Å². The number of hydrogen-bond acceptors (Lipinski definition) is 4. The van der Waals surface area contributed by atoms with E-state index in [9.17, 15) is 14.4 Å². The first kappa shape index (κ1) is 17.9. The van der Waals surface area contributed by atoms with Gasteiger partial charge in [-0.05, 0) is 63.7 Å². The Morgan fingerprint density at radius 2 is 1.96 bits per heavy atom. The molecule has 0 spiro atoms. The molecular weight excluding hydrogens is 320 g/mol. The monoisotopic (exact) mass is 348 g/mol. The van der Waals surface area contributed by atoms with Gasteiger partial charge in [-0.2, -0.15) is 5.10 Å². The van der Waals surface area contributed by atoms with Crippen molar-refractivity contribution >= 4 is 23.9 Å². The van der Waals surface area contributed by atoms with Gasteiger partial charge in [0.1, 0.15) is 5.78 Å². The summed E-state index contributed by atoms with van der Waals surface area (Å²) < 4.78 is 0. The fraction of sp³-hybridized carbons (Fsp3) is 0.778. The maximum Gasteiger partial charge on any atom is 0.335 e. The minimum absolute atomic E-state index is 0.0691. The Morgan fingerprint density at radius 3 is 2.64 bits per heavy atom. The summed E-state index contributed by atoms with van der Waals surface area (Å²) in [5, 5.41) is 7.15. The Hall–Kier alpha value is -1.92. The van der Waals surface area contributed by atoms with Crippen LogP contribution in [0.4, 0.5) is 4.79 Å². The lowest BCUT2D eigenvalue weighted by Gasteiger charge is -2.26. The maximum atomic E-state index is 12.0. The van der Waals surface area contributed by atoms with E-state index in [1.807, 2.05) is 0 Å². The summed E-state index contributed by atoms with van der Waals surface area (Å²) in [4.78, 5) is 36.3. The molecule has 25 heavy (non-hydrogen) atoms. The molecule has 0 bridgehead atoms. The number of Topliss-reactive ketones (excluding diaryl/α,β-unsaturated/α-hetero) is 1. The van der Waals surface area contributed by atoms with Crippen molar-refractivity contribution in [3.63, 3.8) is 0 Å². The summed E-state index contributed by atoms with van der Waals surface area (Å²) in [7, 11) is 0. The first-order chi connectivity index (χ1) is 12.1. The molecule has 2 aliphatic carbocycles. The van der Waals surface area contributed by atoms with Crippen molar-refractivity contribution in [2.75, 3.05) is 13.1 Å². The number of likely N-dealkylation sites (tertiary alicyclic amines) is 1. The largest absolute Gasteiger partial charge is 0.337 e. The summed E-state index contributed by atoms with van der Waals surface area (Å²) in [5.74, 6) is 1.42. The molecule has 3 aliphatic rings. The first-order valence-corrected chi connectivity index (χ1v) is 9.40. The summed E-state index contributed by atoms with van der Waals surface area (Å²) in [6, 6.07) is -0.222. The zero-order chi connectivity index (χ0) is 17.8. The highest BCUT2D eigenvalue weighted by atomic mass is 16.2. The van der Waals surface area contributed by atoms with Gasteiger partial charge in [0.2, 0.25) is 6.41 Å². The standard InChI is InChI=1S/C18H28N4O3/c1-12(24)14-4-2-13(3-5-14)10-19-18(25)21-20-16-7-6-15-8-9-22(11-23)17(15)16/h11,13-15,17H,2-10H2,1H3,(H2,19,21,25)/b20-16+. The third-order valence-electron chi connectivity index (χ3n) is 6.08. The van der Waals surface area contributed by atoms with E-state index in [-0.39, 0.29) is 23.8 Å². The normalized spacial score (nSPS) is 33.2. The highest BCUT2D eigenvalue weighted by Crippen LogP contribution is 2.35. The van der Waals surface area contributed by atoms with E-state index in [1.54, 1.807) is 11.8 Å². The average Bonchev–Trinajstić information content (AvgIpc) is 3.20. The summed E-state index contributed by atoms with van der Waals surface area (Å²) in [6.07, 6.45) is 7.62. The molecule has 3 rings (SSSR count). The van der Waals surface area contributed by atoms with Gasteiger partial charge in [-0.1, -0.05) is 0 Å². The fourth-order valence-corrected chi connectivity index (χ4v) is 4.54. The fourth-order valence-electron chi connectivity index (χ4n) is 4.54. The molecule has 7 heteroatoms. The molecule has 2 N–H and O–H groups in total. The van der Waals surface area contributed by atoms with Crippen LogP contribution in [0.25, 0.3) is 0 Å².